The second kappa shape index (κ2) is 10.2. The average Bonchev–Trinajstić information content (AvgIpc) is 3.15. The van der Waals surface area contributed by atoms with Crippen LogP contribution in [0.25, 0.3) is 0 Å². The molecule has 1 aromatic carbocycles. The van der Waals surface area contributed by atoms with Gasteiger partial charge < -0.3 is 19.1 Å². The summed E-state index contributed by atoms with van der Waals surface area (Å²) >= 11 is 0. The number of imidazole rings is 1. The first-order valence-corrected chi connectivity index (χ1v) is 11.5. The zero-order valence-corrected chi connectivity index (χ0v) is 19.1. The van der Waals surface area contributed by atoms with Crippen LogP contribution in [-0.4, -0.2) is 75.4 Å². The molecule has 172 valence electrons. The number of carbonyl (C=O) groups is 2. The first-order chi connectivity index (χ1) is 15.5. The molecule has 32 heavy (non-hydrogen) atoms. The van der Waals surface area contributed by atoms with E-state index in [1.807, 2.05) is 22.1 Å². The summed E-state index contributed by atoms with van der Waals surface area (Å²) in [6.07, 6.45) is 5.05. The van der Waals surface area contributed by atoms with Crippen molar-refractivity contribution in [1.82, 2.24) is 24.3 Å². The van der Waals surface area contributed by atoms with Gasteiger partial charge in [0, 0.05) is 83.5 Å². The highest BCUT2D eigenvalue weighted by Gasteiger charge is 2.22. The molecular weight excluding hydrogens is 406 g/mol. The third-order valence-corrected chi connectivity index (χ3v) is 6.37. The van der Waals surface area contributed by atoms with Gasteiger partial charge in [0.25, 0.3) is 0 Å². The molecule has 4 rings (SSSR count). The fraction of sp³-hybridized carbons (Fsp3) is 0.542. The number of benzene rings is 1. The minimum absolute atomic E-state index is 0.142. The van der Waals surface area contributed by atoms with Gasteiger partial charge in [0.1, 0.15) is 18.2 Å². The Hall–Kier alpha value is -2.87. The van der Waals surface area contributed by atoms with E-state index in [0.717, 1.165) is 56.3 Å². The Kier molecular flexibility index (Phi) is 7.09. The lowest BCUT2D eigenvalue weighted by Gasteiger charge is -2.34. The van der Waals surface area contributed by atoms with Gasteiger partial charge in [-0.25, -0.2) is 4.98 Å². The van der Waals surface area contributed by atoms with E-state index >= 15 is 0 Å². The molecule has 0 N–H and O–H groups in total. The Morgan fingerprint density at radius 3 is 2.66 bits per heavy atom. The first-order valence-electron chi connectivity index (χ1n) is 11.5. The molecule has 0 radical (unpaired) electrons. The number of amides is 2. The van der Waals surface area contributed by atoms with Crippen LogP contribution in [0.1, 0.15) is 37.2 Å². The molecular formula is C24H33N5O3. The zero-order chi connectivity index (χ0) is 22.5. The largest absolute Gasteiger partial charge is 0.491 e. The molecule has 8 heteroatoms. The third kappa shape index (κ3) is 5.30. The Bertz CT molecular complexity index is 949. The van der Waals surface area contributed by atoms with Crippen LogP contribution < -0.4 is 4.74 Å². The molecule has 0 spiro atoms. The summed E-state index contributed by atoms with van der Waals surface area (Å²) in [5, 5.41) is 0. The number of rotatable bonds is 6. The van der Waals surface area contributed by atoms with E-state index in [-0.39, 0.29) is 11.8 Å². The summed E-state index contributed by atoms with van der Waals surface area (Å²) in [6, 6.07) is 6.31. The van der Waals surface area contributed by atoms with Crippen molar-refractivity contribution < 1.29 is 14.3 Å². The van der Waals surface area contributed by atoms with E-state index in [0.29, 0.717) is 32.7 Å². The molecule has 1 aromatic heterocycles. The van der Waals surface area contributed by atoms with E-state index in [4.69, 9.17) is 4.74 Å². The molecule has 1 saturated heterocycles. The van der Waals surface area contributed by atoms with E-state index in [1.54, 1.807) is 13.1 Å². The normalized spacial score (nSPS) is 16.9. The number of nitrogens with zero attached hydrogens (tertiary/aromatic N) is 5. The summed E-state index contributed by atoms with van der Waals surface area (Å²) < 4.78 is 7.99. The second-order valence-corrected chi connectivity index (χ2v) is 8.53. The van der Waals surface area contributed by atoms with Gasteiger partial charge in [-0.3, -0.25) is 14.5 Å². The summed E-state index contributed by atoms with van der Waals surface area (Å²) in [4.78, 5) is 35.0. The van der Waals surface area contributed by atoms with Crippen molar-refractivity contribution >= 4 is 11.8 Å². The zero-order valence-electron chi connectivity index (χ0n) is 19.1. The maximum absolute atomic E-state index is 12.9. The lowest BCUT2D eigenvalue weighted by atomic mass is 10.1. The standard InChI is InChI=1S/C24H33N5O3/c1-3-23-25-7-9-28(23)8-6-24(31)29-14-15-32-22-5-4-20(16-21(22)18-29)17-26-10-12-27(13-11-26)19(2)30/h4-5,7,9,16H,3,6,8,10-15,17-18H2,1-2H3. The maximum Gasteiger partial charge on any atom is 0.224 e. The molecule has 2 aliphatic heterocycles. The molecule has 0 saturated carbocycles. The highest BCUT2D eigenvalue weighted by Crippen LogP contribution is 2.25. The lowest BCUT2D eigenvalue weighted by Crippen LogP contribution is -2.47. The fourth-order valence-corrected chi connectivity index (χ4v) is 4.47. The number of aryl methyl sites for hydroxylation is 2. The summed E-state index contributed by atoms with van der Waals surface area (Å²) in [6.45, 7) is 10.2. The van der Waals surface area contributed by atoms with Crippen LogP contribution in [0.15, 0.2) is 30.6 Å². The SMILES string of the molecule is CCc1nccn1CCC(=O)N1CCOc2ccc(CN3CCN(C(C)=O)CC3)cc2C1. The van der Waals surface area contributed by atoms with Gasteiger partial charge in [-0.2, -0.15) is 0 Å². The Morgan fingerprint density at radius 1 is 1.09 bits per heavy atom. The number of aromatic nitrogens is 2. The number of ether oxygens (including phenoxy) is 1. The maximum atomic E-state index is 12.9. The van der Waals surface area contributed by atoms with Gasteiger partial charge in [0.15, 0.2) is 0 Å². The highest BCUT2D eigenvalue weighted by atomic mass is 16.5. The van der Waals surface area contributed by atoms with Crippen LogP contribution in [0.5, 0.6) is 5.75 Å². The van der Waals surface area contributed by atoms with Crippen molar-refractivity contribution in [2.24, 2.45) is 0 Å². The van der Waals surface area contributed by atoms with Crippen LogP contribution in [-0.2, 0) is 35.6 Å². The number of hydrogen-bond donors (Lipinski definition) is 0. The van der Waals surface area contributed by atoms with Gasteiger partial charge in [0.2, 0.25) is 11.8 Å². The Balaban J connectivity index is 1.36. The van der Waals surface area contributed by atoms with Crippen molar-refractivity contribution in [3.8, 4) is 5.75 Å². The molecule has 1 fully saturated rings. The van der Waals surface area contributed by atoms with Crippen molar-refractivity contribution in [3.63, 3.8) is 0 Å². The number of hydrogen-bond acceptors (Lipinski definition) is 5. The van der Waals surface area contributed by atoms with E-state index in [9.17, 15) is 9.59 Å². The molecule has 3 heterocycles. The topological polar surface area (TPSA) is 70.9 Å². The minimum Gasteiger partial charge on any atom is -0.491 e. The van der Waals surface area contributed by atoms with Crippen molar-refractivity contribution in [2.45, 2.75) is 46.3 Å². The molecule has 0 bridgehead atoms. The first kappa shape index (κ1) is 22.3. The molecule has 0 unspecified atom stereocenters. The molecule has 2 aromatic rings. The predicted molar refractivity (Wildman–Crippen MR) is 121 cm³/mol. The molecule has 2 aliphatic rings. The summed E-state index contributed by atoms with van der Waals surface area (Å²) in [5.41, 5.74) is 2.27. The van der Waals surface area contributed by atoms with Gasteiger partial charge in [0.05, 0.1) is 6.54 Å². The smallest absolute Gasteiger partial charge is 0.224 e. The van der Waals surface area contributed by atoms with Crippen LogP contribution >= 0.6 is 0 Å². The average molecular weight is 440 g/mol. The molecule has 0 atom stereocenters. The minimum atomic E-state index is 0.142. The van der Waals surface area contributed by atoms with E-state index in [2.05, 4.69) is 33.5 Å². The van der Waals surface area contributed by atoms with Crippen molar-refractivity contribution in [1.29, 1.82) is 0 Å². The molecule has 2 amide bonds. The fourth-order valence-electron chi connectivity index (χ4n) is 4.47. The van der Waals surface area contributed by atoms with Crippen LogP contribution in [0.3, 0.4) is 0 Å². The van der Waals surface area contributed by atoms with Crippen LogP contribution in [0.2, 0.25) is 0 Å². The Morgan fingerprint density at radius 2 is 1.91 bits per heavy atom. The monoisotopic (exact) mass is 439 g/mol. The highest BCUT2D eigenvalue weighted by molar-refractivity contribution is 5.76. The number of piperazine rings is 1. The molecule has 0 aliphatic carbocycles. The van der Waals surface area contributed by atoms with Gasteiger partial charge in [-0.05, 0) is 17.7 Å². The van der Waals surface area contributed by atoms with Gasteiger partial charge in [-0.1, -0.05) is 13.0 Å². The van der Waals surface area contributed by atoms with Crippen LogP contribution in [0.4, 0.5) is 0 Å². The van der Waals surface area contributed by atoms with Gasteiger partial charge >= 0.3 is 0 Å². The summed E-state index contributed by atoms with van der Waals surface area (Å²) in [7, 11) is 0. The number of fused-ring (bicyclic) bond motifs is 1. The quantitative estimate of drug-likeness (QED) is 0.688. The number of carbonyl (C=O) groups excluding carboxylic acids is 2. The van der Waals surface area contributed by atoms with Crippen LogP contribution in [0, 0.1) is 0 Å². The van der Waals surface area contributed by atoms with E-state index in [1.165, 1.54) is 5.56 Å². The van der Waals surface area contributed by atoms with E-state index < -0.39 is 0 Å². The van der Waals surface area contributed by atoms with Gasteiger partial charge in [-0.15, -0.1) is 0 Å². The second-order valence-electron chi connectivity index (χ2n) is 8.53. The van der Waals surface area contributed by atoms with Crippen molar-refractivity contribution in [3.05, 3.63) is 47.5 Å². The predicted octanol–water partition coefficient (Wildman–Crippen LogP) is 1.92. The Labute approximate surface area is 189 Å². The third-order valence-electron chi connectivity index (χ3n) is 6.37. The lowest BCUT2D eigenvalue weighted by molar-refractivity contribution is -0.132. The van der Waals surface area contributed by atoms with Crippen molar-refractivity contribution in [2.75, 3.05) is 39.3 Å². The molecule has 8 nitrogen and oxygen atoms in total. The summed E-state index contributed by atoms with van der Waals surface area (Å²) in [5.74, 6) is 2.17.